The van der Waals surface area contributed by atoms with E-state index in [0.29, 0.717) is 5.52 Å². The van der Waals surface area contributed by atoms with Crippen LogP contribution in [0.25, 0.3) is 17.1 Å². The van der Waals surface area contributed by atoms with Crippen LogP contribution in [0.1, 0.15) is 22.5 Å². The molecule has 1 aromatic heterocycles. The number of halogens is 7. The Bertz CT molecular complexity index is 2180. The number of rotatable bonds is 7. The Labute approximate surface area is 312 Å². The van der Waals surface area contributed by atoms with E-state index in [-0.39, 0.29) is 82.2 Å². The molecule has 0 fully saturated rings. The van der Waals surface area contributed by atoms with Gasteiger partial charge in [-0.15, -0.1) is 0 Å². The molecule has 0 amide bonds. The van der Waals surface area contributed by atoms with Crippen LogP contribution in [0, 0.1) is 11.3 Å². The van der Waals surface area contributed by atoms with Crippen LogP contribution >= 0.6 is 23.6 Å². The topological polar surface area (TPSA) is 114 Å². The minimum absolute atomic E-state index is 0. The fourth-order valence-electron chi connectivity index (χ4n) is 5.28. The van der Waals surface area contributed by atoms with E-state index < -0.39 is 43.5 Å². The second-order valence-corrected chi connectivity index (χ2v) is 12.6. The molecule has 20 heteroatoms. The summed E-state index contributed by atoms with van der Waals surface area (Å²) in [5.41, 5.74) is -1.49. The number of imidazole rings is 1. The molecule has 0 aliphatic carbocycles. The molecule has 258 valence electrons. The van der Waals surface area contributed by atoms with Gasteiger partial charge in [-0.2, -0.15) is 30.7 Å². The SMILES string of the molecule is CN1/C(=C\C=C\c2n(Cc3ccccc3S(=O)(=O)[O-])c3cc(C(F)(F)F)ccc3[n+]2C)N(C#CSOO[O-])c2cc(C(F)(F)F)c(Cl)cc21.[Na+]. The van der Waals surface area contributed by atoms with Gasteiger partial charge in [-0.3, -0.25) is 9.94 Å². The maximum Gasteiger partial charge on any atom is 1.00 e. The number of alkyl halides is 6. The number of anilines is 2. The summed E-state index contributed by atoms with van der Waals surface area (Å²) in [6.07, 6.45) is -5.17. The van der Waals surface area contributed by atoms with Gasteiger partial charge >= 0.3 is 41.9 Å². The molecule has 0 atom stereocenters. The number of hydrogen-bond acceptors (Lipinski definition) is 9. The average Bonchev–Trinajstić information content (AvgIpc) is 3.42. The molecular formula is C30H20ClF6N4NaO6S2. The number of aromatic nitrogens is 2. The van der Waals surface area contributed by atoms with Crippen LogP contribution in [0.3, 0.4) is 0 Å². The molecule has 10 nitrogen and oxygen atoms in total. The van der Waals surface area contributed by atoms with Gasteiger partial charge in [0.05, 0.1) is 39.5 Å². The summed E-state index contributed by atoms with van der Waals surface area (Å²) in [6.45, 7) is -0.326. The van der Waals surface area contributed by atoms with Crippen LogP contribution < -0.4 is 49.2 Å². The number of benzene rings is 3. The summed E-state index contributed by atoms with van der Waals surface area (Å²) in [6, 6.07) is 12.7. The zero-order valence-corrected chi connectivity index (χ0v) is 30.2. The molecule has 0 spiro atoms. The summed E-state index contributed by atoms with van der Waals surface area (Å²) in [5, 5.41) is 15.2. The first-order valence-corrected chi connectivity index (χ1v) is 16.0. The van der Waals surface area contributed by atoms with E-state index in [1.807, 2.05) is 0 Å². The van der Waals surface area contributed by atoms with E-state index in [0.717, 1.165) is 35.2 Å². The van der Waals surface area contributed by atoms with Gasteiger partial charge in [0.1, 0.15) is 34.5 Å². The van der Waals surface area contributed by atoms with Gasteiger partial charge in [-0.1, -0.05) is 35.9 Å². The Morgan fingerprint density at radius 1 is 1.04 bits per heavy atom. The van der Waals surface area contributed by atoms with Crippen molar-refractivity contribution in [2.45, 2.75) is 23.8 Å². The molecule has 1 aliphatic heterocycles. The van der Waals surface area contributed by atoms with Crippen LogP contribution in [-0.4, -0.2) is 24.6 Å². The van der Waals surface area contributed by atoms with Crippen LogP contribution in [0.4, 0.5) is 37.7 Å². The van der Waals surface area contributed by atoms with Crippen molar-refractivity contribution in [1.29, 1.82) is 0 Å². The predicted molar refractivity (Wildman–Crippen MR) is 164 cm³/mol. The zero-order chi connectivity index (χ0) is 35.9. The summed E-state index contributed by atoms with van der Waals surface area (Å²) < 4.78 is 125. The summed E-state index contributed by atoms with van der Waals surface area (Å²) >= 11 is 6.22. The van der Waals surface area contributed by atoms with Crippen LogP contribution in [0.5, 0.6) is 0 Å². The molecule has 2 heterocycles. The number of hydrogen-bond donors (Lipinski definition) is 0. The molecule has 3 aromatic carbocycles. The minimum atomic E-state index is -4.95. The van der Waals surface area contributed by atoms with E-state index in [4.69, 9.17) is 11.6 Å². The second-order valence-electron chi connectivity index (χ2n) is 10.3. The third-order valence-corrected chi connectivity index (χ3v) is 8.99. The monoisotopic (exact) mass is 768 g/mol. The zero-order valence-electron chi connectivity index (χ0n) is 25.8. The number of aryl methyl sites for hydroxylation is 1. The van der Waals surface area contributed by atoms with E-state index >= 15 is 0 Å². The predicted octanol–water partition coefficient (Wildman–Crippen LogP) is 2.71. The van der Waals surface area contributed by atoms with E-state index in [2.05, 4.69) is 20.7 Å². The molecule has 0 saturated carbocycles. The van der Waals surface area contributed by atoms with E-state index in [1.54, 1.807) is 7.05 Å². The smallest absolute Gasteiger partial charge is 0.744 e. The average molecular weight is 769 g/mol. The summed E-state index contributed by atoms with van der Waals surface area (Å²) in [4.78, 5) is 2.08. The standard InChI is InChI=1S/C30H21ClF6N4O6S2.Na/c1-38-22-11-10-19(29(32,33)34)14-24(22)41(17-18-6-3-4-7-26(18)49(43,44)45)28(38)9-5-8-27-39(2)23-16-21(31)20(30(35,36)37)15-25(23)40(27)12-13-48-47-46-42;/h3-11,14-16H,17H2,1-2H3,(H-,42,43,44,45);/q;+1/p-1. The Balaban J connectivity index is 0.00000562. The molecule has 0 bridgehead atoms. The van der Waals surface area contributed by atoms with Gasteiger partial charge in [0, 0.05) is 36.1 Å². The van der Waals surface area contributed by atoms with Crippen molar-refractivity contribution < 1.29 is 88.1 Å². The molecule has 4 aromatic rings. The van der Waals surface area contributed by atoms with Crippen LogP contribution in [0.15, 0.2) is 77.5 Å². The first-order valence-electron chi connectivity index (χ1n) is 13.5. The fraction of sp³-hybridized carbons (Fsp3) is 0.167. The molecule has 0 N–H and O–H groups in total. The number of fused-ring (bicyclic) bond motifs is 2. The summed E-state index contributed by atoms with van der Waals surface area (Å²) in [7, 11) is -1.88. The first kappa shape index (κ1) is 39.6. The molecule has 50 heavy (non-hydrogen) atoms. The number of allylic oxidation sites excluding steroid dienone is 2. The first-order chi connectivity index (χ1) is 22.9. The fourth-order valence-corrected chi connectivity index (χ4v) is 6.43. The third-order valence-electron chi connectivity index (χ3n) is 7.44. The van der Waals surface area contributed by atoms with Crippen molar-refractivity contribution >= 4 is 62.2 Å². The van der Waals surface area contributed by atoms with Gasteiger partial charge in [0.15, 0.2) is 11.0 Å². The van der Waals surface area contributed by atoms with Crippen LogP contribution in [0.2, 0.25) is 5.02 Å². The van der Waals surface area contributed by atoms with Crippen molar-refractivity contribution in [3.05, 3.63) is 100 Å². The summed E-state index contributed by atoms with van der Waals surface area (Å²) in [5.74, 6) is 0.435. The van der Waals surface area contributed by atoms with Crippen molar-refractivity contribution in [2.24, 2.45) is 7.05 Å². The Kier molecular flexibility index (Phi) is 12.0. The normalized spacial score (nSPS) is 14.3. The molecule has 5 rings (SSSR count). The molecular weight excluding hydrogens is 749 g/mol. The minimum Gasteiger partial charge on any atom is -0.744 e. The van der Waals surface area contributed by atoms with Crippen molar-refractivity contribution in [2.75, 3.05) is 16.8 Å². The van der Waals surface area contributed by atoms with Gasteiger partial charge in [-0.05, 0) is 36.4 Å². The van der Waals surface area contributed by atoms with E-state index in [9.17, 15) is 44.6 Å². The second kappa shape index (κ2) is 15.2. The van der Waals surface area contributed by atoms with E-state index in [1.165, 1.54) is 63.6 Å². The molecule has 1 aliphatic rings. The van der Waals surface area contributed by atoms with Crippen molar-refractivity contribution in [3.8, 4) is 11.3 Å². The van der Waals surface area contributed by atoms with Crippen molar-refractivity contribution in [3.63, 3.8) is 0 Å². The molecule has 0 saturated heterocycles. The van der Waals surface area contributed by atoms with Gasteiger partial charge in [0.25, 0.3) is 5.82 Å². The third kappa shape index (κ3) is 8.12. The van der Waals surface area contributed by atoms with Crippen LogP contribution in [-0.2, 0) is 45.4 Å². The number of nitrogens with zero attached hydrogens (tertiary/aromatic N) is 4. The molecule has 0 radical (unpaired) electrons. The van der Waals surface area contributed by atoms with Gasteiger partial charge in [0.2, 0.25) is 0 Å². The Morgan fingerprint density at radius 3 is 2.38 bits per heavy atom. The maximum atomic E-state index is 13.7. The quantitative estimate of drug-likeness (QED) is 0.0323. The Hall–Kier alpha value is -3.22. The maximum absolute atomic E-state index is 13.7. The molecule has 0 unspecified atom stereocenters. The largest absolute Gasteiger partial charge is 1.00 e. The van der Waals surface area contributed by atoms with Crippen molar-refractivity contribution in [1.82, 2.24) is 4.57 Å². The Morgan fingerprint density at radius 2 is 1.74 bits per heavy atom. The van der Waals surface area contributed by atoms with Gasteiger partial charge < -0.3 is 14.7 Å². The van der Waals surface area contributed by atoms with Gasteiger partial charge in [-0.25, -0.2) is 17.6 Å².